The fourth-order valence-corrected chi connectivity index (χ4v) is 9.94. The van der Waals surface area contributed by atoms with E-state index in [0.717, 1.165) is 64.8 Å². The van der Waals surface area contributed by atoms with Crippen LogP contribution in [0.1, 0.15) is 5.56 Å². The summed E-state index contributed by atoms with van der Waals surface area (Å²) in [5.74, 6) is -3.45. The van der Waals surface area contributed by atoms with Crippen molar-refractivity contribution >= 4 is 112 Å². The van der Waals surface area contributed by atoms with Crippen molar-refractivity contribution in [1.29, 1.82) is 0 Å². The minimum atomic E-state index is -5.06. The number of phenols is 2. The molecule has 27 nitrogen and oxygen atoms in total. The van der Waals surface area contributed by atoms with E-state index in [2.05, 4.69) is 43.2 Å². The summed E-state index contributed by atoms with van der Waals surface area (Å²) in [6, 6.07) is 6.47. The average Bonchev–Trinajstić information content (AvgIpc) is 3.22. The average molecular weight is 991 g/mol. The Morgan fingerprint density at radius 1 is 0.609 bits per heavy atom. The summed E-state index contributed by atoms with van der Waals surface area (Å²) in [5, 5.41) is 54.4. The van der Waals surface area contributed by atoms with Gasteiger partial charge < -0.3 is 15.9 Å². The van der Waals surface area contributed by atoms with Crippen LogP contribution in [0.25, 0.3) is 21.5 Å². The van der Waals surface area contributed by atoms with Gasteiger partial charge in [-0.15, -0.1) is 20.5 Å². The van der Waals surface area contributed by atoms with Crippen LogP contribution in [0, 0.1) is 10.1 Å². The first-order valence-electron chi connectivity index (χ1n) is 16.7. The molecule has 0 aliphatic carbocycles. The predicted molar refractivity (Wildman–Crippen MR) is 220 cm³/mol. The van der Waals surface area contributed by atoms with E-state index in [1.54, 1.807) is 0 Å². The van der Waals surface area contributed by atoms with E-state index in [1.165, 1.54) is 0 Å². The molecule has 0 bridgehead atoms. The Bertz CT molecular complexity index is 3470. The summed E-state index contributed by atoms with van der Waals surface area (Å²) in [5.41, 5.74) is 0.788. The molecule has 5 rings (SSSR count). The van der Waals surface area contributed by atoms with E-state index in [4.69, 9.17) is 9.92 Å². The number of fused-ring (bicyclic) bond motifs is 2. The second-order valence-electron chi connectivity index (χ2n) is 12.4. The molecule has 0 heterocycles. The molecule has 0 aromatic heterocycles. The minimum Gasteiger partial charge on any atom is -0.505 e. The fourth-order valence-electron chi connectivity index (χ4n) is 5.87. The van der Waals surface area contributed by atoms with Gasteiger partial charge in [-0.05, 0) is 36.4 Å². The lowest BCUT2D eigenvalue weighted by Gasteiger charge is -2.16. The number of nitrogens with zero attached hydrogens (tertiary/aromatic N) is 7. The Balaban J connectivity index is 1.89. The molecule has 5 N–H and O–H groups in total. The number of aromatic hydroxyl groups is 2. The molecule has 342 valence electrons. The number of nitro groups is 1. The van der Waals surface area contributed by atoms with Crippen LogP contribution in [0.4, 0.5) is 39.8 Å². The monoisotopic (exact) mass is 990 g/mol. The summed E-state index contributed by atoms with van der Waals surface area (Å²) in [7, 11) is -20.3. The number of nitrogen functional groups attached to an aromatic ring is 1. The maximum atomic E-state index is 13.5. The molecule has 0 amide bonds. The van der Waals surface area contributed by atoms with Crippen molar-refractivity contribution in [2.45, 2.75) is 25.3 Å². The van der Waals surface area contributed by atoms with Gasteiger partial charge >= 0.3 is 0 Å². The van der Waals surface area contributed by atoms with Crippen LogP contribution < -0.4 is 5.73 Å². The van der Waals surface area contributed by atoms with Crippen LogP contribution in [0.15, 0.2) is 98.8 Å². The zero-order chi connectivity index (χ0) is 47.9. The predicted octanol–water partition coefficient (Wildman–Crippen LogP) is 5.17. The van der Waals surface area contributed by atoms with Crippen LogP contribution >= 0.6 is 0 Å². The van der Waals surface area contributed by atoms with Crippen molar-refractivity contribution in [2.75, 3.05) is 41.2 Å². The standard InChI is InChI=1S/C32H30N8O19S5/c1-34-38-29-25(63(52,53)58-4)12-18-17(30(29)41)7-9-21(32(18)64(54,55)59-5)36-37-22-13-23(61(48,49)56-2)19-10-15(14-60(45,46)47)28(31(42)26(19)27(22)33)39-35-20-8-6-16(40(43)44)11-24(20)62(50,51)57-3/h6-13,41-42H,14,33H2,1-5H3,(H,45,46,47). The first-order valence-corrected chi connectivity index (χ1v) is 24.0. The third-order valence-electron chi connectivity index (χ3n) is 8.75. The molecule has 5 aromatic rings. The van der Waals surface area contributed by atoms with Crippen LogP contribution in [0.2, 0.25) is 0 Å². The second kappa shape index (κ2) is 17.7. The SMILES string of the molecule is CN=Nc1c(S(=O)(=O)OC)cc2c(S(=O)(=O)OC)c(N=Nc3cc(S(=O)(=O)OC)c4cc(CS(=O)(=O)O)c(N=Nc5ccc([N+](=O)[O-])cc5S(=O)(=O)OC)c(O)c4c3N)ccc2c1O. The Labute approximate surface area is 361 Å². The first kappa shape index (κ1) is 48.8. The van der Waals surface area contributed by atoms with Crippen LogP contribution in [0.5, 0.6) is 11.5 Å². The molecular formula is C32H30N8O19S5. The number of hydrogen-bond acceptors (Lipinski definition) is 25. The van der Waals surface area contributed by atoms with Gasteiger partial charge in [0.15, 0.2) is 11.5 Å². The largest absolute Gasteiger partial charge is 0.505 e. The first-order chi connectivity index (χ1) is 29.7. The van der Waals surface area contributed by atoms with Gasteiger partial charge in [-0.3, -0.25) is 31.4 Å². The molecule has 0 atom stereocenters. The third kappa shape index (κ3) is 9.35. The highest BCUT2D eigenvalue weighted by Crippen LogP contribution is 2.49. The molecule has 64 heavy (non-hydrogen) atoms. The minimum absolute atomic E-state index is 0.321. The van der Waals surface area contributed by atoms with Gasteiger partial charge in [-0.1, -0.05) is 0 Å². The summed E-state index contributed by atoms with van der Waals surface area (Å²) in [6.45, 7) is 0. The van der Waals surface area contributed by atoms with Gasteiger partial charge in [0.1, 0.15) is 53.8 Å². The number of nitro benzene ring substituents is 1. The van der Waals surface area contributed by atoms with Gasteiger partial charge in [0.25, 0.3) is 56.3 Å². The summed E-state index contributed by atoms with van der Waals surface area (Å²) < 4.78 is 157. The van der Waals surface area contributed by atoms with E-state index in [9.17, 15) is 67.0 Å². The molecule has 0 aliphatic rings. The molecule has 0 aliphatic heterocycles. The van der Waals surface area contributed by atoms with Gasteiger partial charge in [0.2, 0.25) is 0 Å². The van der Waals surface area contributed by atoms with Gasteiger partial charge in [-0.25, -0.2) is 0 Å². The number of rotatable bonds is 16. The molecule has 0 spiro atoms. The smallest absolute Gasteiger partial charge is 0.299 e. The van der Waals surface area contributed by atoms with Crippen molar-refractivity contribution < 1.29 is 78.5 Å². The molecule has 0 saturated heterocycles. The zero-order valence-electron chi connectivity index (χ0n) is 32.9. The lowest BCUT2D eigenvalue weighted by Crippen LogP contribution is -2.07. The lowest BCUT2D eigenvalue weighted by molar-refractivity contribution is -0.385. The number of nitrogens with two attached hydrogens (primary N) is 1. The van der Waals surface area contributed by atoms with Gasteiger partial charge in [0, 0.05) is 40.9 Å². The Morgan fingerprint density at radius 3 is 1.72 bits per heavy atom. The van der Waals surface area contributed by atoms with Gasteiger partial charge in [-0.2, -0.15) is 52.3 Å². The Kier molecular flexibility index (Phi) is 13.5. The van der Waals surface area contributed by atoms with Crippen molar-refractivity contribution in [1.82, 2.24) is 0 Å². The number of azo groups is 3. The topological polar surface area (TPSA) is 412 Å². The lowest BCUT2D eigenvalue weighted by atomic mass is 10.0. The maximum Gasteiger partial charge on any atom is 0.299 e. The highest BCUT2D eigenvalue weighted by Gasteiger charge is 2.31. The number of hydrogen-bond donors (Lipinski definition) is 4. The van der Waals surface area contributed by atoms with E-state index in [0.29, 0.717) is 19.2 Å². The van der Waals surface area contributed by atoms with Crippen LogP contribution in [-0.2, 0) is 73.1 Å². The summed E-state index contributed by atoms with van der Waals surface area (Å²) in [6.07, 6.45) is 0. The Hall–Kier alpha value is -6.23. The van der Waals surface area contributed by atoms with E-state index in [-0.39, 0.29) is 5.39 Å². The molecule has 0 radical (unpaired) electrons. The fraction of sp³-hybridized carbons (Fsp3) is 0.188. The number of non-ortho nitro benzene ring substituents is 1. The number of anilines is 1. The van der Waals surface area contributed by atoms with E-state index in [1.807, 2.05) is 0 Å². The number of phenolic OH excluding ortho intramolecular Hbond substituents is 2. The van der Waals surface area contributed by atoms with Crippen LogP contribution in [0.3, 0.4) is 0 Å². The quantitative estimate of drug-likeness (QED) is 0.0247. The van der Waals surface area contributed by atoms with Gasteiger partial charge in [0.05, 0.1) is 44.4 Å². The summed E-state index contributed by atoms with van der Waals surface area (Å²) in [4.78, 5) is 6.88. The van der Waals surface area contributed by atoms with Crippen LogP contribution in [-0.4, -0.2) is 97.3 Å². The molecule has 0 unspecified atom stereocenters. The zero-order valence-corrected chi connectivity index (χ0v) is 37.0. The van der Waals surface area contributed by atoms with Crippen molar-refractivity contribution in [3.8, 4) is 11.5 Å². The van der Waals surface area contributed by atoms with E-state index < -0.39 is 154 Å². The van der Waals surface area contributed by atoms with Crippen molar-refractivity contribution in [2.24, 2.45) is 30.7 Å². The highest BCUT2D eigenvalue weighted by atomic mass is 32.2. The molecular weight excluding hydrogens is 961 g/mol. The highest BCUT2D eigenvalue weighted by molar-refractivity contribution is 7.88. The summed E-state index contributed by atoms with van der Waals surface area (Å²) >= 11 is 0. The number of benzene rings is 5. The maximum absolute atomic E-state index is 13.5. The second-order valence-corrected chi connectivity index (χ2v) is 20.5. The van der Waals surface area contributed by atoms with Crippen molar-refractivity contribution in [3.63, 3.8) is 0 Å². The third-order valence-corrected chi connectivity index (χ3v) is 14.7. The normalized spacial score (nSPS) is 13.3. The van der Waals surface area contributed by atoms with Crippen molar-refractivity contribution in [3.05, 3.63) is 64.2 Å². The molecule has 0 saturated carbocycles. The molecule has 5 aromatic carbocycles. The molecule has 32 heteroatoms. The van der Waals surface area contributed by atoms with E-state index >= 15 is 0 Å². The Morgan fingerprint density at radius 2 is 1.16 bits per heavy atom. The molecule has 0 fully saturated rings.